The van der Waals surface area contributed by atoms with Crippen LogP contribution >= 0.6 is 11.3 Å². The van der Waals surface area contributed by atoms with E-state index >= 15 is 0 Å². The van der Waals surface area contributed by atoms with Crippen LogP contribution in [0.15, 0.2) is 18.2 Å². The molecule has 1 fully saturated rings. The Kier molecular flexibility index (Phi) is 3.72. The van der Waals surface area contributed by atoms with Crippen molar-refractivity contribution < 1.29 is 4.79 Å². The molecule has 0 unspecified atom stereocenters. The third-order valence-corrected chi connectivity index (χ3v) is 4.87. The molecule has 1 aliphatic heterocycles. The van der Waals surface area contributed by atoms with E-state index in [1.807, 2.05) is 37.1 Å². The fourth-order valence-corrected chi connectivity index (χ4v) is 3.59. The van der Waals surface area contributed by atoms with Crippen LogP contribution in [0.1, 0.15) is 28.2 Å². The van der Waals surface area contributed by atoms with Crippen molar-refractivity contribution in [3.8, 4) is 0 Å². The maximum absolute atomic E-state index is 12.5. The number of piperidine rings is 1. The summed E-state index contributed by atoms with van der Waals surface area (Å²) in [5.41, 5.74) is 1.77. The molecule has 1 N–H and O–H groups in total. The van der Waals surface area contributed by atoms with E-state index in [2.05, 4.69) is 10.3 Å². The zero-order valence-electron chi connectivity index (χ0n) is 11.8. The van der Waals surface area contributed by atoms with E-state index in [0.717, 1.165) is 46.7 Å². The standard InChI is InChI=1S/C15H19N3OS/c1-10-17-13-4-3-11(9-14(13)20-10)15(19)18-7-5-12(16-2)6-8-18/h3-4,9,12,16H,5-8H2,1-2H3. The molecule has 1 saturated heterocycles. The number of benzene rings is 1. The molecule has 2 heterocycles. The number of amides is 1. The van der Waals surface area contributed by atoms with Gasteiger partial charge in [0.2, 0.25) is 0 Å². The van der Waals surface area contributed by atoms with E-state index in [1.54, 1.807) is 11.3 Å². The van der Waals surface area contributed by atoms with Gasteiger partial charge in [-0.15, -0.1) is 11.3 Å². The van der Waals surface area contributed by atoms with Gasteiger partial charge in [-0.2, -0.15) is 0 Å². The maximum atomic E-state index is 12.5. The topological polar surface area (TPSA) is 45.2 Å². The number of thiazole rings is 1. The van der Waals surface area contributed by atoms with E-state index < -0.39 is 0 Å². The van der Waals surface area contributed by atoms with Crippen LogP contribution in [0.25, 0.3) is 10.2 Å². The van der Waals surface area contributed by atoms with Crippen molar-refractivity contribution >= 4 is 27.5 Å². The molecule has 106 valence electrons. The van der Waals surface area contributed by atoms with Crippen LogP contribution in [0.5, 0.6) is 0 Å². The summed E-state index contributed by atoms with van der Waals surface area (Å²) >= 11 is 1.64. The second-order valence-corrected chi connectivity index (χ2v) is 6.51. The second-order valence-electron chi connectivity index (χ2n) is 5.27. The molecule has 2 aromatic rings. The molecule has 1 aromatic heterocycles. The smallest absolute Gasteiger partial charge is 0.253 e. The fourth-order valence-electron chi connectivity index (χ4n) is 2.73. The summed E-state index contributed by atoms with van der Waals surface area (Å²) in [6.45, 7) is 3.67. The largest absolute Gasteiger partial charge is 0.339 e. The third-order valence-electron chi connectivity index (χ3n) is 3.93. The van der Waals surface area contributed by atoms with Crippen molar-refractivity contribution in [1.82, 2.24) is 15.2 Å². The van der Waals surface area contributed by atoms with E-state index in [-0.39, 0.29) is 5.91 Å². The lowest BCUT2D eigenvalue weighted by Gasteiger charge is -2.31. The van der Waals surface area contributed by atoms with Gasteiger partial charge in [-0.1, -0.05) is 0 Å². The average Bonchev–Trinajstić information content (AvgIpc) is 2.85. The number of likely N-dealkylation sites (tertiary alicyclic amines) is 1. The van der Waals surface area contributed by atoms with E-state index in [0.29, 0.717) is 6.04 Å². The van der Waals surface area contributed by atoms with Crippen LogP contribution in [-0.4, -0.2) is 42.0 Å². The molecular formula is C15H19N3OS. The molecule has 0 saturated carbocycles. The lowest BCUT2D eigenvalue weighted by Crippen LogP contribution is -2.43. The molecule has 4 nitrogen and oxygen atoms in total. The Hall–Kier alpha value is -1.46. The highest BCUT2D eigenvalue weighted by molar-refractivity contribution is 7.18. The Labute approximate surface area is 122 Å². The first-order chi connectivity index (χ1) is 9.67. The first kappa shape index (κ1) is 13.5. The van der Waals surface area contributed by atoms with Gasteiger partial charge in [-0.25, -0.2) is 4.98 Å². The first-order valence-electron chi connectivity index (χ1n) is 7.01. The molecule has 1 amide bonds. The number of carbonyl (C=O) groups excluding carboxylic acids is 1. The number of hydrogen-bond donors (Lipinski definition) is 1. The van der Waals surface area contributed by atoms with Gasteiger partial charge in [0.1, 0.15) is 0 Å². The maximum Gasteiger partial charge on any atom is 0.253 e. The van der Waals surface area contributed by atoms with Gasteiger partial charge in [0.25, 0.3) is 5.91 Å². The summed E-state index contributed by atoms with van der Waals surface area (Å²) in [6, 6.07) is 6.37. The predicted molar refractivity (Wildman–Crippen MR) is 82.3 cm³/mol. The number of fused-ring (bicyclic) bond motifs is 1. The zero-order valence-corrected chi connectivity index (χ0v) is 12.7. The van der Waals surface area contributed by atoms with Gasteiger partial charge in [0, 0.05) is 24.7 Å². The number of nitrogens with one attached hydrogen (secondary N) is 1. The normalized spacial score (nSPS) is 16.8. The second kappa shape index (κ2) is 5.50. The number of rotatable bonds is 2. The van der Waals surface area contributed by atoms with Crippen molar-refractivity contribution in [1.29, 1.82) is 0 Å². The van der Waals surface area contributed by atoms with Crippen LogP contribution in [-0.2, 0) is 0 Å². The molecule has 0 radical (unpaired) electrons. The summed E-state index contributed by atoms with van der Waals surface area (Å²) in [5, 5.41) is 4.33. The quantitative estimate of drug-likeness (QED) is 0.923. The molecule has 1 aliphatic rings. The molecular weight excluding hydrogens is 270 g/mol. The minimum Gasteiger partial charge on any atom is -0.339 e. The van der Waals surface area contributed by atoms with Gasteiger partial charge in [-0.05, 0) is 45.0 Å². The van der Waals surface area contributed by atoms with E-state index in [4.69, 9.17) is 0 Å². The number of aryl methyl sites for hydroxylation is 1. The molecule has 0 bridgehead atoms. The predicted octanol–water partition coefficient (Wildman–Crippen LogP) is 2.43. The Bertz CT molecular complexity index is 629. The summed E-state index contributed by atoms with van der Waals surface area (Å²) in [4.78, 5) is 18.9. The number of hydrogen-bond acceptors (Lipinski definition) is 4. The SMILES string of the molecule is CNC1CCN(C(=O)c2ccc3nc(C)sc3c2)CC1. The summed E-state index contributed by atoms with van der Waals surface area (Å²) in [6.07, 6.45) is 2.06. The lowest BCUT2D eigenvalue weighted by atomic mass is 10.0. The highest BCUT2D eigenvalue weighted by atomic mass is 32.1. The highest BCUT2D eigenvalue weighted by Crippen LogP contribution is 2.24. The van der Waals surface area contributed by atoms with Crippen LogP contribution in [0.3, 0.4) is 0 Å². The summed E-state index contributed by atoms with van der Waals surface area (Å²) in [5.74, 6) is 0.146. The highest BCUT2D eigenvalue weighted by Gasteiger charge is 2.22. The lowest BCUT2D eigenvalue weighted by molar-refractivity contribution is 0.0707. The Morgan fingerprint density at radius 1 is 1.40 bits per heavy atom. The molecule has 5 heteroatoms. The molecule has 0 spiro atoms. The van der Waals surface area contributed by atoms with Crippen molar-refractivity contribution in [2.75, 3.05) is 20.1 Å². The van der Waals surface area contributed by atoms with Crippen molar-refractivity contribution in [3.63, 3.8) is 0 Å². The van der Waals surface area contributed by atoms with Crippen LogP contribution < -0.4 is 5.32 Å². The van der Waals surface area contributed by atoms with Gasteiger partial charge in [0.05, 0.1) is 15.2 Å². The molecule has 1 aromatic carbocycles. The van der Waals surface area contributed by atoms with Crippen LogP contribution in [0, 0.1) is 6.92 Å². The van der Waals surface area contributed by atoms with E-state index in [1.165, 1.54) is 0 Å². The molecule has 20 heavy (non-hydrogen) atoms. The summed E-state index contributed by atoms with van der Waals surface area (Å²) in [7, 11) is 1.99. The Balaban J connectivity index is 1.78. The third kappa shape index (κ3) is 2.55. The van der Waals surface area contributed by atoms with E-state index in [9.17, 15) is 4.79 Å². The van der Waals surface area contributed by atoms with Gasteiger partial charge < -0.3 is 10.2 Å². The zero-order chi connectivity index (χ0) is 14.1. The average molecular weight is 289 g/mol. The van der Waals surface area contributed by atoms with Crippen LogP contribution in [0.4, 0.5) is 0 Å². The monoisotopic (exact) mass is 289 g/mol. The number of nitrogens with zero attached hydrogens (tertiary/aromatic N) is 2. The Morgan fingerprint density at radius 2 is 2.15 bits per heavy atom. The van der Waals surface area contributed by atoms with Crippen molar-refractivity contribution in [2.24, 2.45) is 0 Å². The number of carbonyl (C=O) groups is 1. The number of aromatic nitrogens is 1. The first-order valence-corrected chi connectivity index (χ1v) is 7.83. The molecule has 0 aliphatic carbocycles. The fraction of sp³-hybridized carbons (Fsp3) is 0.467. The summed E-state index contributed by atoms with van der Waals surface area (Å²) < 4.78 is 1.10. The minimum absolute atomic E-state index is 0.146. The minimum atomic E-state index is 0.146. The van der Waals surface area contributed by atoms with Crippen molar-refractivity contribution in [3.05, 3.63) is 28.8 Å². The van der Waals surface area contributed by atoms with Crippen LogP contribution in [0.2, 0.25) is 0 Å². The van der Waals surface area contributed by atoms with Gasteiger partial charge in [-0.3, -0.25) is 4.79 Å². The van der Waals surface area contributed by atoms with Crippen molar-refractivity contribution in [2.45, 2.75) is 25.8 Å². The van der Waals surface area contributed by atoms with Gasteiger partial charge in [0.15, 0.2) is 0 Å². The molecule has 3 rings (SSSR count). The van der Waals surface area contributed by atoms with Gasteiger partial charge >= 0.3 is 0 Å². The Morgan fingerprint density at radius 3 is 2.85 bits per heavy atom. The molecule has 0 atom stereocenters.